The molecule has 5 rings (SSSR count). The largest absolute Gasteiger partial charge is 0.492 e. The molecule has 3 aromatic rings. The topological polar surface area (TPSA) is 68.1 Å². The second kappa shape index (κ2) is 7.28. The summed E-state index contributed by atoms with van der Waals surface area (Å²) in [6.07, 6.45) is 0.513. The van der Waals surface area contributed by atoms with Gasteiger partial charge in [0, 0.05) is 31.9 Å². The van der Waals surface area contributed by atoms with Crippen molar-refractivity contribution in [3.8, 4) is 5.75 Å². The molecule has 10 heteroatoms. The maximum atomic E-state index is 12.6. The SMILES string of the molecule is C[C@H]1Cn2ccc3nc(N[C@H]4C[C@@H](COc5ccc(C(F)(F)F)nc5)C4)nc(c32)N1C. The summed E-state index contributed by atoms with van der Waals surface area (Å²) in [5.41, 5.74) is 1.08. The molecule has 31 heavy (non-hydrogen) atoms. The molecule has 0 spiro atoms. The molecule has 2 aliphatic rings. The lowest BCUT2D eigenvalue weighted by Gasteiger charge is -2.36. The van der Waals surface area contributed by atoms with Gasteiger partial charge in [0.1, 0.15) is 17.0 Å². The number of likely N-dealkylation sites (N-methyl/N-ethyl adjacent to an activating group) is 1. The molecule has 0 aromatic carbocycles. The summed E-state index contributed by atoms with van der Waals surface area (Å²) in [5.74, 6) is 2.23. The lowest BCUT2D eigenvalue weighted by Crippen LogP contribution is -2.39. The van der Waals surface area contributed by atoms with Crippen molar-refractivity contribution in [2.45, 2.75) is 44.6 Å². The van der Waals surface area contributed by atoms with Gasteiger partial charge >= 0.3 is 6.18 Å². The van der Waals surface area contributed by atoms with Crippen molar-refractivity contribution < 1.29 is 17.9 Å². The monoisotopic (exact) mass is 432 g/mol. The fraction of sp³-hybridized carbons (Fsp3) is 0.476. The van der Waals surface area contributed by atoms with E-state index >= 15 is 0 Å². The fourth-order valence-corrected chi connectivity index (χ4v) is 4.18. The zero-order valence-electron chi connectivity index (χ0n) is 17.2. The van der Waals surface area contributed by atoms with E-state index in [9.17, 15) is 13.2 Å². The van der Waals surface area contributed by atoms with Crippen molar-refractivity contribution >= 4 is 22.8 Å². The third kappa shape index (κ3) is 3.75. The van der Waals surface area contributed by atoms with Gasteiger partial charge in [-0.2, -0.15) is 18.2 Å². The van der Waals surface area contributed by atoms with Gasteiger partial charge in [-0.05, 0) is 43.9 Å². The Labute approximate surface area is 177 Å². The van der Waals surface area contributed by atoms with E-state index in [1.54, 1.807) is 0 Å². The van der Waals surface area contributed by atoms with Crippen molar-refractivity contribution in [2.24, 2.45) is 5.92 Å². The van der Waals surface area contributed by atoms with Crippen molar-refractivity contribution in [2.75, 3.05) is 23.9 Å². The van der Waals surface area contributed by atoms with E-state index in [0.717, 1.165) is 48.5 Å². The molecule has 1 atom stereocenters. The van der Waals surface area contributed by atoms with E-state index < -0.39 is 11.9 Å². The van der Waals surface area contributed by atoms with Gasteiger partial charge in [0.25, 0.3) is 0 Å². The first kappa shape index (κ1) is 19.9. The van der Waals surface area contributed by atoms with E-state index in [2.05, 4.69) is 44.9 Å². The van der Waals surface area contributed by atoms with Gasteiger partial charge in [-0.25, -0.2) is 9.97 Å². The maximum Gasteiger partial charge on any atom is 0.433 e. The molecule has 0 amide bonds. The molecule has 1 saturated carbocycles. The molecule has 1 aliphatic carbocycles. The number of hydrogen-bond acceptors (Lipinski definition) is 6. The number of halogens is 3. The van der Waals surface area contributed by atoms with E-state index in [1.165, 1.54) is 6.07 Å². The van der Waals surface area contributed by atoms with Gasteiger partial charge in [0.15, 0.2) is 5.82 Å². The lowest BCUT2D eigenvalue weighted by atomic mass is 9.81. The van der Waals surface area contributed by atoms with Crippen LogP contribution in [0.25, 0.3) is 11.0 Å². The van der Waals surface area contributed by atoms with E-state index in [-0.39, 0.29) is 6.04 Å². The molecule has 0 bridgehead atoms. The van der Waals surface area contributed by atoms with E-state index in [4.69, 9.17) is 9.72 Å². The van der Waals surface area contributed by atoms with Crippen LogP contribution in [0.3, 0.4) is 0 Å². The van der Waals surface area contributed by atoms with Crippen molar-refractivity contribution in [1.29, 1.82) is 0 Å². The van der Waals surface area contributed by atoms with Crippen molar-refractivity contribution in [3.63, 3.8) is 0 Å². The zero-order valence-corrected chi connectivity index (χ0v) is 17.2. The van der Waals surface area contributed by atoms with Crippen LogP contribution in [0.15, 0.2) is 30.6 Å². The number of rotatable bonds is 5. The number of pyridine rings is 1. The number of nitrogens with one attached hydrogen (secondary N) is 1. The van der Waals surface area contributed by atoms with Crippen molar-refractivity contribution in [3.05, 3.63) is 36.3 Å². The molecule has 0 saturated heterocycles. The standard InChI is InChI=1S/C21H23F3N6O/c1-12-10-30-6-5-16-18(30)19(29(12)2)28-20(27-16)26-14-7-13(8-14)11-31-15-3-4-17(25-9-15)21(22,23)24/h3-6,9,12-14H,7-8,10-11H2,1-2H3,(H,26,27,28)/t12-,13-,14+/m0/s1. The lowest BCUT2D eigenvalue weighted by molar-refractivity contribution is -0.141. The van der Waals surface area contributed by atoms with Crippen LogP contribution in [0.1, 0.15) is 25.5 Å². The van der Waals surface area contributed by atoms with Crippen LogP contribution in [0, 0.1) is 5.92 Å². The minimum absolute atomic E-state index is 0.248. The Kier molecular flexibility index (Phi) is 4.67. The summed E-state index contributed by atoms with van der Waals surface area (Å²) in [6, 6.07) is 4.87. The molecular formula is C21H23F3N6O. The summed E-state index contributed by atoms with van der Waals surface area (Å²) in [4.78, 5) is 15.0. The second-order valence-corrected chi connectivity index (χ2v) is 8.40. The molecule has 164 valence electrons. The number of nitrogens with zero attached hydrogens (tertiary/aromatic N) is 5. The molecule has 0 radical (unpaired) electrons. The first-order valence-corrected chi connectivity index (χ1v) is 10.3. The Bertz CT molecular complexity index is 1090. The molecule has 0 unspecified atom stereocenters. The number of alkyl halides is 3. The minimum Gasteiger partial charge on any atom is -0.492 e. The number of aromatic nitrogens is 4. The number of anilines is 2. The highest BCUT2D eigenvalue weighted by atomic mass is 19.4. The minimum atomic E-state index is -4.44. The molecule has 1 aliphatic heterocycles. The van der Waals surface area contributed by atoms with Crippen LogP contribution in [-0.4, -0.2) is 45.3 Å². The average molecular weight is 432 g/mol. The van der Waals surface area contributed by atoms with E-state index in [0.29, 0.717) is 30.3 Å². The highest BCUT2D eigenvalue weighted by Gasteiger charge is 2.33. The Morgan fingerprint density at radius 3 is 2.71 bits per heavy atom. The highest BCUT2D eigenvalue weighted by molar-refractivity contribution is 5.89. The molecular weight excluding hydrogens is 409 g/mol. The summed E-state index contributed by atoms with van der Waals surface area (Å²) >= 11 is 0. The van der Waals surface area contributed by atoms with Crippen LogP contribution in [-0.2, 0) is 12.7 Å². The van der Waals surface area contributed by atoms with Gasteiger partial charge in [-0.15, -0.1) is 0 Å². The quantitative estimate of drug-likeness (QED) is 0.659. The molecule has 3 aromatic heterocycles. The van der Waals surface area contributed by atoms with Crippen LogP contribution >= 0.6 is 0 Å². The van der Waals surface area contributed by atoms with Crippen molar-refractivity contribution in [1.82, 2.24) is 19.5 Å². The Balaban J connectivity index is 1.17. The van der Waals surface area contributed by atoms with E-state index in [1.807, 2.05) is 6.07 Å². The Hall–Kier alpha value is -3.04. The summed E-state index contributed by atoms with van der Waals surface area (Å²) < 4.78 is 45.5. The fourth-order valence-electron chi connectivity index (χ4n) is 4.18. The predicted molar refractivity (Wildman–Crippen MR) is 110 cm³/mol. The molecule has 1 N–H and O–H groups in total. The smallest absolute Gasteiger partial charge is 0.433 e. The third-order valence-corrected chi connectivity index (χ3v) is 6.13. The van der Waals surface area contributed by atoms with Gasteiger partial charge in [-0.1, -0.05) is 0 Å². The van der Waals surface area contributed by atoms with Crippen LogP contribution < -0.4 is 15.0 Å². The van der Waals surface area contributed by atoms with Gasteiger partial charge < -0.3 is 19.5 Å². The Morgan fingerprint density at radius 1 is 1.19 bits per heavy atom. The average Bonchev–Trinajstić information content (AvgIpc) is 3.10. The normalized spacial score (nSPS) is 23.0. The summed E-state index contributed by atoms with van der Waals surface area (Å²) in [5, 5.41) is 3.42. The van der Waals surface area contributed by atoms with Crippen LogP contribution in [0.4, 0.5) is 24.9 Å². The third-order valence-electron chi connectivity index (χ3n) is 6.13. The molecule has 7 nitrogen and oxygen atoms in total. The predicted octanol–water partition coefficient (Wildman–Crippen LogP) is 3.95. The number of ether oxygens (including phenoxy) is 1. The zero-order chi connectivity index (χ0) is 21.8. The second-order valence-electron chi connectivity index (χ2n) is 8.40. The highest BCUT2D eigenvalue weighted by Crippen LogP contribution is 2.34. The number of hydrogen-bond donors (Lipinski definition) is 1. The summed E-state index contributed by atoms with van der Waals surface area (Å²) in [7, 11) is 2.06. The van der Waals surface area contributed by atoms with Crippen LogP contribution in [0.2, 0.25) is 0 Å². The van der Waals surface area contributed by atoms with Gasteiger partial charge in [0.2, 0.25) is 5.95 Å². The maximum absolute atomic E-state index is 12.6. The first-order valence-electron chi connectivity index (χ1n) is 10.3. The first-order chi connectivity index (χ1) is 14.8. The van der Waals surface area contributed by atoms with Crippen LogP contribution in [0.5, 0.6) is 5.75 Å². The Morgan fingerprint density at radius 2 is 2.00 bits per heavy atom. The summed E-state index contributed by atoms with van der Waals surface area (Å²) in [6.45, 7) is 3.54. The van der Waals surface area contributed by atoms with Gasteiger partial charge in [-0.3, -0.25) is 0 Å². The molecule has 1 fully saturated rings. The van der Waals surface area contributed by atoms with Gasteiger partial charge in [0.05, 0.1) is 18.3 Å². The molecule has 4 heterocycles.